The molecule has 0 aromatic heterocycles. The van der Waals surface area contributed by atoms with Crippen LogP contribution in [-0.2, 0) is 6.42 Å². The molecule has 0 radical (unpaired) electrons. The summed E-state index contributed by atoms with van der Waals surface area (Å²) >= 11 is 0. The minimum absolute atomic E-state index is 0.151. The second-order valence-corrected chi connectivity index (χ2v) is 14.4. The van der Waals surface area contributed by atoms with Crippen LogP contribution in [0.1, 0.15) is 76.8 Å². The van der Waals surface area contributed by atoms with E-state index in [4.69, 9.17) is 9.16 Å². The first-order valence-corrected chi connectivity index (χ1v) is 14.6. The fourth-order valence-electron chi connectivity index (χ4n) is 5.10. The molecule has 2 atom stereocenters. The van der Waals surface area contributed by atoms with Crippen LogP contribution >= 0.6 is 0 Å². The number of unbranched alkanes of at least 4 members (excludes halogenated alkanes) is 2. The number of benzene rings is 1. The molecule has 3 heteroatoms. The van der Waals surface area contributed by atoms with Crippen molar-refractivity contribution in [1.29, 1.82) is 0 Å². The number of hydrogen-bond acceptors (Lipinski definition) is 2. The van der Waals surface area contributed by atoms with Crippen LogP contribution in [0.4, 0.5) is 0 Å². The summed E-state index contributed by atoms with van der Waals surface area (Å²) < 4.78 is 13.5. The Morgan fingerprint density at radius 1 is 1.28 bits per heavy atom. The second-order valence-electron chi connectivity index (χ2n) is 10.2. The standard InChI is InChI=1S/C26H40O2Si/c1-8-10-11-12-20-17-23-25(24(18-20)28-29(6,7)15-9-2)21-16-19(3)13-14-22(21)26(4,5)27-23/h9,13,17-18,21-22H,2,8,10-12,14-16H2,1,3-7H3. The molecular weight excluding hydrogens is 372 g/mol. The summed E-state index contributed by atoms with van der Waals surface area (Å²) in [5, 5.41) is 0. The molecule has 2 unspecified atom stereocenters. The van der Waals surface area contributed by atoms with E-state index < -0.39 is 8.32 Å². The van der Waals surface area contributed by atoms with Crippen molar-refractivity contribution in [3.8, 4) is 11.5 Å². The summed E-state index contributed by atoms with van der Waals surface area (Å²) in [6, 6.07) is 5.60. The summed E-state index contributed by atoms with van der Waals surface area (Å²) in [7, 11) is -1.86. The van der Waals surface area contributed by atoms with Crippen LogP contribution in [0.3, 0.4) is 0 Å². The monoisotopic (exact) mass is 412 g/mol. The van der Waals surface area contributed by atoms with Gasteiger partial charge in [0.15, 0.2) is 0 Å². The van der Waals surface area contributed by atoms with Gasteiger partial charge in [0.25, 0.3) is 0 Å². The molecular formula is C26H40O2Si. The van der Waals surface area contributed by atoms with Gasteiger partial charge in [-0.1, -0.05) is 37.5 Å². The number of fused-ring (bicyclic) bond motifs is 3. The molecule has 2 nitrogen and oxygen atoms in total. The lowest BCUT2D eigenvalue weighted by atomic mass is 9.67. The quantitative estimate of drug-likeness (QED) is 0.246. The van der Waals surface area contributed by atoms with Gasteiger partial charge in [0.2, 0.25) is 8.32 Å². The average molecular weight is 413 g/mol. The smallest absolute Gasteiger partial charge is 0.248 e. The lowest BCUT2D eigenvalue weighted by Gasteiger charge is -2.47. The first-order chi connectivity index (χ1) is 13.7. The highest BCUT2D eigenvalue weighted by Crippen LogP contribution is 2.54. The van der Waals surface area contributed by atoms with Crippen LogP contribution in [0.5, 0.6) is 11.5 Å². The topological polar surface area (TPSA) is 18.5 Å². The average Bonchev–Trinajstić information content (AvgIpc) is 2.60. The first kappa shape index (κ1) is 22.2. The van der Waals surface area contributed by atoms with Gasteiger partial charge >= 0.3 is 0 Å². The lowest BCUT2D eigenvalue weighted by molar-refractivity contribution is 0.00782. The molecule has 1 aromatic rings. The van der Waals surface area contributed by atoms with E-state index in [2.05, 4.69) is 65.6 Å². The molecule has 0 spiro atoms. The lowest BCUT2D eigenvalue weighted by Crippen LogP contribution is -2.46. The van der Waals surface area contributed by atoms with Gasteiger partial charge in [-0.15, -0.1) is 6.58 Å². The summed E-state index contributed by atoms with van der Waals surface area (Å²) in [5.74, 6) is 3.13. The van der Waals surface area contributed by atoms with Crippen molar-refractivity contribution < 1.29 is 9.16 Å². The molecule has 0 bridgehead atoms. The van der Waals surface area contributed by atoms with E-state index in [-0.39, 0.29) is 5.60 Å². The number of hydrogen-bond donors (Lipinski definition) is 0. The van der Waals surface area contributed by atoms with Crippen LogP contribution in [0.2, 0.25) is 19.1 Å². The molecule has 0 fully saturated rings. The first-order valence-electron chi connectivity index (χ1n) is 11.5. The highest BCUT2D eigenvalue weighted by Gasteiger charge is 2.46. The summed E-state index contributed by atoms with van der Waals surface area (Å²) in [5.41, 5.74) is 4.02. The number of ether oxygens (including phenoxy) is 1. The highest BCUT2D eigenvalue weighted by molar-refractivity contribution is 6.72. The Hall–Kier alpha value is -1.48. The van der Waals surface area contributed by atoms with Crippen LogP contribution in [-0.4, -0.2) is 13.9 Å². The Balaban J connectivity index is 2.07. The van der Waals surface area contributed by atoms with Crippen LogP contribution < -0.4 is 9.16 Å². The van der Waals surface area contributed by atoms with Crippen LogP contribution in [0, 0.1) is 5.92 Å². The Kier molecular flexibility index (Phi) is 6.67. The van der Waals surface area contributed by atoms with Crippen molar-refractivity contribution >= 4 is 8.32 Å². The Morgan fingerprint density at radius 2 is 2.03 bits per heavy atom. The van der Waals surface area contributed by atoms with E-state index in [0.29, 0.717) is 11.8 Å². The molecule has 1 aliphatic carbocycles. The van der Waals surface area contributed by atoms with Crippen molar-refractivity contribution in [3.05, 3.63) is 47.6 Å². The van der Waals surface area contributed by atoms with Crippen LogP contribution in [0.15, 0.2) is 36.4 Å². The summed E-state index contributed by atoms with van der Waals surface area (Å²) in [6.45, 7) is 17.6. The van der Waals surface area contributed by atoms with E-state index in [0.717, 1.165) is 36.8 Å². The third-order valence-corrected chi connectivity index (χ3v) is 8.68. The third-order valence-electron chi connectivity index (χ3n) is 6.64. The molecule has 3 rings (SSSR count). The van der Waals surface area contributed by atoms with E-state index in [1.54, 1.807) is 0 Å². The van der Waals surface area contributed by atoms with E-state index >= 15 is 0 Å². The zero-order chi connectivity index (χ0) is 21.2. The van der Waals surface area contributed by atoms with Crippen molar-refractivity contribution in [3.63, 3.8) is 0 Å². The van der Waals surface area contributed by atoms with Crippen molar-refractivity contribution in [1.82, 2.24) is 0 Å². The minimum Gasteiger partial charge on any atom is -0.543 e. The molecule has 160 valence electrons. The molecule has 29 heavy (non-hydrogen) atoms. The molecule has 0 saturated heterocycles. The Morgan fingerprint density at radius 3 is 2.72 bits per heavy atom. The fourth-order valence-corrected chi connectivity index (χ4v) is 6.64. The highest BCUT2D eigenvalue weighted by atomic mass is 28.4. The predicted octanol–water partition coefficient (Wildman–Crippen LogP) is 7.80. The largest absolute Gasteiger partial charge is 0.543 e. The maximum absolute atomic E-state index is 6.81. The normalized spacial score (nSPS) is 22.8. The minimum atomic E-state index is -1.86. The summed E-state index contributed by atoms with van der Waals surface area (Å²) in [4.78, 5) is 0. The number of allylic oxidation sites excluding steroid dienone is 3. The van der Waals surface area contributed by atoms with Gasteiger partial charge < -0.3 is 9.16 Å². The maximum Gasteiger partial charge on any atom is 0.248 e. The van der Waals surface area contributed by atoms with E-state index in [1.807, 2.05) is 6.08 Å². The zero-order valence-electron chi connectivity index (χ0n) is 19.4. The van der Waals surface area contributed by atoms with Crippen LogP contribution in [0.25, 0.3) is 0 Å². The fraction of sp³-hybridized carbons (Fsp3) is 0.615. The van der Waals surface area contributed by atoms with Gasteiger partial charge in [0.1, 0.15) is 17.1 Å². The molecule has 1 heterocycles. The number of rotatable bonds is 8. The van der Waals surface area contributed by atoms with Gasteiger partial charge in [-0.05, 0) is 83.3 Å². The molecule has 1 aromatic carbocycles. The van der Waals surface area contributed by atoms with Crippen molar-refractivity contribution in [2.24, 2.45) is 5.92 Å². The predicted molar refractivity (Wildman–Crippen MR) is 127 cm³/mol. The van der Waals surface area contributed by atoms with E-state index in [9.17, 15) is 0 Å². The summed E-state index contributed by atoms with van der Waals surface area (Å²) in [6.07, 6.45) is 11.5. The third kappa shape index (κ3) is 4.99. The second kappa shape index (κ2) is 8.71. The van der Waals surface area contributed by atoms with Crippen molar-refractivity contribution in [2.75, 3.05) is 0 Å². The molecule has 0 N–H and O–H groups in total. The Labute approximate surface area is 179 Å². The van der Waals surface area contributed by atoms with Gasteiger partial charge in [-0.25, -0.2) is 0 Å². The maximum atomic E-state index is 6.81. The van der Waals surface area contributed by atoms with Gasteiger partial charge in [0.05, 0.1) is 0 Å². The molecule has 0 saturated carbocycles. The van der Waals surface area contributed by atoms with Gasteiger partial charge in [-0.3, -0.25) is 0 Å². The molecule has 1 aliphatic heterocycles. The number of aryl methyl sites for hydroxylation is 1. The van der Waals surface area contributed by atoms with E-state index in [1.165, 1.54) is 36.0 Å². The van der Waals surface area contributed by atoms with Gasteiger partial charge in [-0.2, -0.15) is 0 Å². The SMILES string of the molecule is C=CC[Si](C)(C)Oc1cc(CCCCC)cc2c1C1CC(C)=CCC1C(C)(C)O2. The molecule has 2 aliphatic rings. The Bertz CT molecular complexity index is 775. The zero-order valence-corrected chi connectivity index (χ0v) is 20.4. The molecule has 0 amide bonds. The van der Waals surface area contributed by atoms with Crippen molar-refractivity contribution in [2.45, 2.75) is 96.9 Å². The van der Waals surface area contributed by atoms with Gasteiger partial charge in [0, 0.05) is 17.4 Å².